The molecule has 26 heavy (non-hydrogen) atoms. The number of rotatable bonds is 3. The maximum atomic E-state index is 13.5. The van der Waals surface area contributed by atoms with Gasteiger partial charge in [0.2, 0.25) is 0 Å². The molecular weight excluding hydrogens is 392 g/mol. The summed E-state index contributed by atoms with van der Waals surface area (Å²) in [6.45, 7) is 0. The number of aliphatic hydroxyl groups is 1. The highest BCUT2D eigenvalue weighted by Gasteiger charge is 2.53. The van der Waals surface area contributed by atoms with Crippen molar-refractivity contribution in [3.63, 3.8) is 0 Å². The lowest BCUT2D eigenvalue weighted by molar-refractivity contribution is -0.123. The van der Waals surface area contributed by atoms with Crippen molar-refractivity contribution in [2.75, 3.05) is 5.01 Å². The van der Waals surface area contributed by atoms with Crippen molar-refractivity contribution in [3.8, 4) is 0 Å². The largest absolute Gasteiger partial charge is 0.432 e. The number of hydrogen-bond acceptors (Lipinski definition) is 3. The number of anilines is 1. The fraction of sp³-hybridized carbons (Fsp3) is 0.176. The van der Waals surface area contributed by atoms with Gasteiger partial charge in [0, 0.05) is 15.6 Å². The first kappa shape index (κ1) is 18.7. The normalized spacial score (nSPS) is 18.8. The lowest BCUT2D eigenvalue weighted by atomic mass is 9.90. The van der Waals surface area contributed by atoms with Crippen LogP contribution in [0.2, 0.25) is 10.0 Å². The highest BCUT2D eigenvalue weighted by atomic mass is 35.5. The van der Waals surface area contributed by atoms with Gasteiger partial charge in [-0.05, 0) is 24.3 Å². The molecule has 2 aromatic rings. The third-order valence-corrected chi connectivity index (χ3v) is 4.54. The number of para-hydroxylation sites is 1. The minimum absolute atomic E-state index is 0.0440. The van der Waals surface area contributed by atoms with Crippen LogP contribution in [0.25, 0.3) is 0 Å². The van der Waals surface area contributed by atoms with E-state index < -0.39 is 29.8 Å². The molecule has 3 rings (SSSR count). The van der Waals surface area contributed by atoms with Crippen LogP contribution < -0.4 is 5.01 Å². The number of hydrazone groups is 1. The van der Waals surface area contributed by atoms with E-state index in [0.29, 0.717) is 5.01 Å². The Morgan fingerprint density at radius 1 is 1.04 bits per heavy atom. The van der Waals surface area contributed by atoms with E-state index in [9.17, 15) is 23.1 Å². The number of aliphatic hydroxyl groups excluding tert-OH is 1. The lowest BCUT2D eigenvalue weighted by Gasteiger charge is -2.22. The van der Waals surface area contributed by atoms with E-state index in [2.05, 4.69) is 5.10 Å². The number of benzene rings is 2. The van der Waals surface area contributed by atoms with Gasteiger partial charge in [-0.3, -0.25) is 4.79 Å². The minimum Gasteiger partial charge on any atom is -0.387 e. The number of hydrogen-bond donors (Lipinski definition) is 1. The van der Waals surface area contributed by atoms with Gasteiger partial charge in [0.1, 0.15) is 5.92 Å². The molecule has 0 aliphatic carbocycles. The van der Waals surface area contributed by atoms with Crippen LogP contribution in [0.15, 0.2) is 53.6 Å². The zero-order chi connectivity index (χ0) is 19.1. The monoisotopic (exact) mass is 402 g/mol. The molecule has 0 aromatic heterocycles. The van der Waals surface area contributed by atoms with Crippen molar-refractivity contribution in [2.45, 2.75) is 12.3 Å². The molecule has 1 amide bonds. The summed E-state index contributed by atoms with van der Waals surface area (Å²) in [4.78, 5) is 12.7. The second-order valence-corrected chi connectivity index (χ2v) is 6.34. The highest BCUT2D eigenvalue weighted by Crippen LogP contribution is 2.41. The van der Waals surface area contributed by atoms with Gasteiger partial charge in [0.05, 0.1) is 11.8 Å². The minimum atomic E-state index is -4.92. The smallest absolute Gasteiger partial charge is 0.387 e. The number of alkyl halides is 3. The SMILES string of the molecule is O=C1[C@@H]([C@H](O)c2c(Cl)cccc2Cl)C(C(F)(F)F)=NN1c1ccccc1. The first-order valence-corrected chi connectivity index (χ1v) is 8.14. The molecule has 0 unspecified atom stereocenters. The number of carbonyl (C=O) groups excluding carboxylic acids is 1. The molecule has 1 N–H and O–H groups in total. The van der Waals surface area contributed by atoms with Gasteiger partial charge in [0.25, 0.3) is 5.91 Å². The van der Waals surface area contributed by atoms with Crippen molar-refractivity contribution in [1.29, 1.82) is 0 Å². The Hall–Kier alpha value is -2.09. The first-order valence-electron chi connectivity index (χ1n) is 7.38. The van der Waals surface area contributed by atoms with Crippen LogP contribution in [0.5, 0.6) is 0 Å². The topological polar surface area (TPSA) is 52.9 Å². The molecule has 2 atom stereocenters. The molecule has 1 aliphatic rings. The molecule has 0 fully saturated rings. The molecule has 136 valence electrons. The average Bonchev–Trinajstić information content (AvgIpc) is 2.93. The molecule has 0 saturated heterocycles. The maximum Gasteiger partial charge on any atom is 0.432 e. The van der Waals surface area contributed by atoms with E-state index in [4.69, 9.17) is 23.2 Å². The van der Waals surface area contributed by atoms with E-state index in [-0.39, 0.29) is 21.3 Å². The van der Waals surface area contributed by atoms with Crippen LogP contribution in [-0.2, 0) is 4.79 Å². The van der Waals surface area contributed by atoms with Crippen molar-refractivity contribution in [3.05, 3.63) is 64.1 Å². The number of carbonyl (C=O) groups is 1. The van der Waals surface area contributed by atoms with Crippen LogP contribution in [0, 0.1) is 5.92 Å². The van der Waals surface area contributed by atoms with Gasteiger partial charge in [-0.15, -0.1) is 0 Å². The Morgan fingerprint density at radius 2 is 1.62 bits per heavy atom. The molecule has 2 aromatic carbocycles. The Balaban J connectivity index is 2.08. The molecule has 4 nitrogen and oxygen atoms in total. The van der Waals surface area contributed by atoms with Crippen LogP contribution in [0.4, 0.5) is 18.9 Å². The van der Waals surface area contributed by atoms with Crippen LogP contribution in [0.1, 0.15) is 11.7 Å². The van der Waals surface area contributed by atoms with E-state index in [1.165, 1.54) is 30.3 Å². The summed E-state index contributed by atoms with van der Waals surface area (Å²) in [5, 5.41) is 14.5. The Labute approximate surface area is 156 Å². The summed E-state index contributed by atoms with van der Waals surface area (Å²) in [5.74, 6) is -3.00. The van der Waals surface area contributed by atoms with Gasteiger partial charge >= 0.3 is 6.18 Å². The Bertz CT molecular complexity index is 852. The van der Waals surface area contributed by atoms with Gasteiger partial charge < -0.3 is 5.11 Å². The zero-order valence-electron chi connectivity index (χ0n) is 12.9. The summed E-state index contributed by atoms with van der Waals surface area (Å²) < 4.78 is 40.4. The fourth-order valence-corrected chi connectivity index (χ4v) is 3.32. The van der Waals surface area contributed by atoms with E-state index in [0.717, 1.165) is 0 Å². The molecule has 0 saturated carbocycles. The predicted molar refractivity (Wildman–Crippen MR) is 92.3 cm³/mol. The van der Waals surface area contributed by atoms with Gasteiger partial charge in [-0.2, -0.15) is 23.3 Å². The molecule has 1 heterocycles. The summed E-state index contributed by atoms with van der Waals surface area (Å²) >= 11 is 12.0. The summed E-state index contributed by atoms with van der Waals surface area (Å²) in [6.07, 6.45) is -6.82. The van der Waals surface area contributed by atoms with Crippen molar-refractivity contribution in [2.24, 2.45) is 11.0 Å². The molecular formula is C17H11Cl2F3N2O2. The third-order valence-electron chi connectivity index (χ3n) is 3.88. The summed E-state index contributed by atoms with van der Waals surface area (Å²) in [6, 6.07) is 11.8. The van der Waals surface area contributed by atoms with E-state index in [1.54, 1.807) is 18.2 Å². The quantitative estimate of drug-likeness (QED) is 0.814. The molecule has 9 heteroatoms. The van der Waals surface area contributed by atoms with Crippen LogP contribution in [0.3, 0.4) is 0 Å². The van der Waals surface area contributed by atoms with E-state index >= 15 is 0 Å². The van der Waals surface area contributed by atoms with Crippen LogP contribution >= 0.6 is 23.2 Å². The average molecular weight is 403 g/mol. The van der Waals surface area contributed by atoms with Crippen molar-refractivity contribution < 1.29 is 23.1 Å². The molecule has 1 aliphatic heterocycles. The Morgan fingerprint density at radius 3 is 2.15 bits per heavy atom. The number of halogens is 5. The second-order valence-electron chi connectivity index (χ2n) is 5.53. The predicted octanol–water partition coefficient (Wildman–Crippen LogP) is 4.61. The second kappa shape index (κ2) is 6.90. The fourth-order valence-electron chi connectivity index (χ4n) is 2.70. The number of amides is 1. The van der Waals surface area contributed by atoms with Gasteiger partial charge in [-0.25, -0.2) is 0 Å². The summed E-state index contributed by atoms with van der Waals surface area (Å²) in [7, 11) is 0. The van der Waals surface area contributed by atoms with Crippen LogP contribution in [-0.4, -0.2) is 22.9 Å². The van der Waals surface area contributed by atoms with E-state index in [1.807, 2.05) is 0 Å². The standard InChI is InChI=1S/C17H11Cl2F3N2O2/c18-10-7-4-8-11(19)12(10)14(25)13-15(17(20,21)22)23-24(16(13)26)9-5-2-1-3-6-9/h1-8,13-14,25H/t13-,14+/m0/s1. The molecule has 0 radical (unpaired) electrons. The van der Waals surface area contributed by atoms with Crippen molar-refractivity contribution >= 4 is 40.5 Å². The first-order chi connectivity index (χ1) is 12.2. The van der Waals surface area contributed by atoms with Gasteiger partial charge in [0.15, 0.2) is 5.71 Å². The maximum absolute atomic E-state index is 13.5. The lowest BCUT2D eigenvalue weighted by Crippen LogP contribution is -2.37. The third kappa shape index (κ3) is 3.30. The number of nitrogens with zero attached hydrogens (tertiary/aromatic N) is 2. The molecule has 0 spiro atoms. The zero-order valence-corrected chi connectivity index (χ0v) is 14.4. The highest BCUT2D eigenvalue weighted by molar-refractivity contribution is 6.36. The van der Waals surface area contributed by atoms with Crippen molar-refractivity contribution in [1.82, 2.24) is 0 Å². The summed E-state index contributed by atoms with van der Waals surface area (Å²) in [5.41, 5.74) is -1.41. The van der Waals surface area contributed by atoms with Gasteiger partial charge in [-0.1, -0.05) is 47.5 Å². The Kier molecular flexibility index (Phi) is 4.96. The molecule has 0 bridgehead atoms.